The summed E-state index contributed by atoms with van der Waals surface area (Å²) in [4.78, 5) is 1.12. The molecule has 4 aromatic carbocycles. The van der Waals surface area contributed by atoms with Crippen LogP contribution in [0.15, 0.2) is 111 Å². The summed E-state index contributed by atoms with van der Waals surface area (Å²) in [6, 6.07) is 33.4. The van der Waals surface area contributed by atoms with Crippen LogP contribution in [0.3, 0.4) is 0 Å². The van der Waals surface area contributed by atoms with Gasteiger partial charge in [0.15, 0.2) is 5.17 Å². The SMILES string of the molecule is CS/C(=N/Sc1ccc2ccccc2c1)N1CCC(c2ccccc2)C(c2ccc(Cl)cc2)=N1. The number of hydrazone groups is 1. The van der Waals surface area contributed by atoms with E-state index in [9.17, 15) is 0 Å². The van der Waals surface area contributed by atoms with Gasteiger partial charge in [-0.3, -0.25) is 0 Å². The van der Waals surface area contributed by atoms with Crippen LogP contribution >= 0.6 is 35.3 Å². The molecule has 1 aliphatic rings. The summed E-state index contributed by atoms with van der Waals surface area (Å²) in [6.45, 7) is 0.814. The Bertz CT molecular complexity index is 1340. The number of rotatable bonds is 4. The average Bonchev–Trinajstić information content (AvgIpc) is 2.90. The summed E-state index contributed by atoms with van der Waals surface area (Å²) in [5.74, 6) is 0.231. The summed E-state index contributed by atoms with van der Waals surface area (Å²) in [5, 5.41) is 11.2. The quantitative estimate of drug-likeness (QED) is 0.160. The van der Waals surface area contributed by atoms with Gasteiger partial charge in [0.05, 0.1) is 5.71 Å². The zero-order chi connectivity index (χ0) is 23.3. The van der Waals surface area contributed by atoms with Crippen LogP contribution in [-0.4, -0.2) is 28.7 Å². The zero-order valence-corrected chi connectivity index (χ0v) is 21.2. The van der Waals surface area contributed by atoms with Crippen molar-refractivity contribution in [3.05, 3.63) is 113 Å². The molecule has 1 aliphatic heterocycles. The third-order valence-electron chi connectivity index (χ3n) is 5.88. The maximum atomic E-state index is 6.17. The summed E-state index contributed by atoms with van der Waals surface area (Å²) < 4.78 is 4.88. The van der Waals surface area contributed by atoms with E-state index < -0.39 is 0 Å². The Hall–Kier alpha value is -2.73. The van der Waals surface area contributed by atoms with Crippen LogP contribution in [-0.2, 0) is 0 Å². The molecule has 0 spiro atoms. The number of hydrogen-bond acceptors (Lipinski definition) is 4. The number of fused-ring (bicyclic) bond motifs is 1. The molecule has 0 N–H and O–H groups in total. The van der Waals surface area contributed by atoms with Gasteiger partial charge in [0.25, 0.3) is 0 Å². The first-order chi connectivity index (χ1) is 16.7. The highest BCUT2D eigenvalue weighted by atomic mass is 35.5. The molecule has 0 saturated heterocycles. The Labute approximate surface area is 214 Å². The third kappa shape index (κ3) is 5.17. The van der Waals surface area contributed by atoms with Gasteiger partial charge in [0, 0.05) is 34.3 Å². The minimum absolute atomic E-state index is 0.231. The maximum Gasteiger partial charge on any atom is 0.191 e. The van der Waals surface area contributed by atoms with Gasteiger partial charge in [-0.1, -0.05) is 96.2 Å². The number of amidine groups is 1. The largest absolute Gasteiger partial charge is 0.242 e. The van der Waals surface area contributed by atoms with Gasteiger partial charge in [-0.2, -0.15) is 9.50 Å². The molecule has 1 unspecified atom stereocenters. The smallest absolute Gasteiger partial charge is 0.191 e. The topological polar surface area (TPSA) is 28.0 Å². The predicted octanol–water partition coefficient (Wildman–Crippen LogP) is 8.11. The van der Waals surface area contributed by atoms with Gasteiger partial charge < -0.3 is 0 Å². The van der Waals surface area contributed by atoms with Crippen LogP contribution in [0.25, 0.3) is 10.8 Å². The monoisotopic (exact) mass is 501 g/mol. The minimum atomic E-state index is 0.231. The second-order valence-corrected chi connectivity index (χ2v) is 10.1. The second-order valence-electron chi connectivity index (χ2n) is 8.05. The predicted molar refractivity (Wildman–Crippen MR) is 149 cm³/mol. The first kappa shape index (κ1) is 23.0. The van der Waals surface area contributed by atoms with Crippen molar-refractivity contribution in [2.75, 3.05) is 12.8 Å². The fraction of sp³-hybridized carbons (Fsp3) is 0.143. The van der Waals surface area contributed by atoms with Crippen molar-refractivity contribution in [2.45, 2.75) is 17.2 Å². The van der Waals surface area contributed by atoms with Gasteiger partial charge in [-0.25, -0.2) is 5.01 Å². The summed E-state index contributed by atoms with van der Waals surface area (Å²) in [5.41, 5.74) is 3.42. The number of benzene rings is 4. The van der Waals surface area contributed by atoms with Crippen LogP contribution < -0.4 is 0 Å². The molecule has 0 saturated carbocycles. The fourth-order valence-electron chi connectivity index (χ4n) is 4.17. The number of hydrogen-bond donors (Lipinski definition) is 0. The summed E-state index contributed by atoms with van der Waals surface area (Å²) >= 11 is 9.29. The molecule has 0 aliphatic carbocycles. The molecule has 0 amide bonds. The van der Waals surface area contributed by atoms with E-state index in [2.05, 4.69) is 91.2 Å². The Morgan fingerprint density at radius 2 is 1.65 bits per heavy atom. The van der Waals surface area contributed by atoms with Crippen molar-refractivity contribution in [3.63, 3.8) is 0 Å². The highest BCUT2D eigenvalue weighted by molar-refractivity contribution is 8.14. The lowest BCUT2D eigenvalue weighted by atomic mass is 9.86. The molecule has 6 heteroatoms. The fourth-order valence-corrected chi connectivity index (χ4v) is 5.64. The van der Waals surface area contributed by atoms with Crippen LogP contribution in [0.5, 0.6) is 0 Å². The number of nitrogens with zero attached hydrogens (tertiary/aromatic N) is 3. The first-order valence-electron chi connectivity index (χ1n) is 11.2. The lowest BCUT2D eigenvalue weighted by molar-refractivity contribution is 0.411. The van der Waals surface area contributed by atoms with Crippen LogP contribution in [0.2, 0.25) is 5.02 Å². The van der Waals surface area contributed by atoms with Gasteiger partial charge >= 0.3 is 0 Å². The van der Waals surface area contributed by atoms with E-state index >= 15 is 0 Å². The van der Waals surface area contributed by atoms with Gasteiger partial charge in [0.2, 0.25) is 0 Å². The van der Waals surface area contributed by atoms with E-state index in [-0.39, 0.29) is 5.92 Å². The maximum absolute atomic E-state index is 6.17. The Kier molecular flexibility index (Phi) is 7.24. The highest BCUT2D eigenvalue weighted by Gasteiger charge is 2.27. The normalized spacial score (nSPS) is 16.5. The molecule has 0 fully saturated rings. The van der Waals surface area contributed by atoms with E-state index in [4.69, 9.17) is 21.1 Å². The van der Waals surface area contributed by atoms with Gasteiger partial charge in [-0.15, -0.1) is 0 Å². The zero-order valence-electron chi connectivity index (χ0n) is 18.8. The lowest BCUT2D eigenvalue weighted by Crippen LogP contribution is -2.34. The summed E-state index contributed by atoms with van der Waals surface area (Å²) in [6.07, 6.45) is 3.02. The molecule has 170 valence electrons. The minimum Gasteiger partial charge on any atom is -0.242 e. The molecule has 1 atom stereocenters. The Morgan fingerprint density at radius 3 is 2.41 bits per heavy atom. The summed E-state index contributed by atoms with van der Waals surface area (Å²) in [7, 11) is 0. The molecule has 0 radical (unpaired) electrons. The first-order valence-corrected chi connectivity index (χ1v) is 13.5. The highest BCUT2D eigenvalue weighted by Crippen LogP contribution is 2.32. The van der Waals surface area contributed by atoms with E-state index in [1.165, 1.54) is 28.3 Å². The molecule has 1 heterocycles. The van der Waals surface area contributed by atoms with Crippen LogP contribution in [0, 0.1) is 0 Å². The molecule has 0 bridgehead atoms. The molecule has 34 heavy (non-hydrogen) atoms. The lowest BCUT2D eigenvalue weighted by Gasteiger charge is -2.31. The van der Waals surface area contributed by atoms with E-state index in [1.54, 1.807) is 11.8 Å². The molecule has 4 aromatic rings. The van der Waals surface area contributed by atoms with Crippen molar-refractivity contribution >= 4 is 57.0 Å². The van der Waals surface area contributed by atoms with Gasteiger partial charge in [0.1, 0.15) is 0 Å². The Balaban J connectivity index is 1.45. The molecule has 0 aromatic heterocycles. The van der Waals surface area contributed by atoms with Crippen molar-refractivity contribution in [2.24, 2.45) is 9.50 Å². The third-order valence-corrected chi connectivity index (χ3v) is 7.65. The standard InChI is InChI=1S/C28H24ClN3S2/c1-33-28(31-34-25-16-13-20-7-5-6-10-23(20)19-25)32-18-17-26(21-8-3-2-4-9-21)27(30-32)22-11-14-24(29)15-12-22/h2-16,19,26H,17-18H2,1H3/b31-28+. The van der Waals surface area contributed by atoms with Gasteiger partial charge in [-0.05, 0) is 58.8 Å². The number of halogens is 1. The molecular formula is C28H24ClN3S2. The average molecular weight is 502 g/mol. The molecule has 5 rings (SSSR count). The van der Waals surface area contributed by atoms with Crippen molar-refractivity contribution in [3.8, 4) is 0 Å². The molecular weight excluding hydrogens is 478 g/mol. The number of thioether (sulfide) groups is 1. The van der Waals surface area contributed by atoms with E-state index in [1.807, 2.05) is 17.1 Å². The van der Waals surface area contributed by atoms with Crippen LogP contribution in [0.4, 0.5) is 0 Å². The van der Waals surface area contributed by atoms with E-state index in [0.29, 0.717) is 0 Å². The molecule has 3 nitrogen and oxygen atoms in total. The van der Waals surface area contributed by atoms with Crippen molar-refractivity contribution in [1.29, 1.82) is 0 Å². The Morgan fingerprint density at radius 1 is 0.912 bits per heavy atom. The van der Waals surface area contributed by atoms with E-state index in [0.717, 1.165) is 39.3 Å². The van der Waals surface area contributed by atoms with Crippen molar-refractivity contribution < 1.29 is 0 Å². The van der Waals surface area contributed by atoms with Crippen LogP contribution in [0.1, 0.15) is 23.5 Å². The van der Waals surface area contributed by atoms with Crippen molar-refractivity contribution in [1.82, 2.24) is 5.01 Å². The second kappa shape index (κ2) is 10.7.